The smallest absolute Gasteiger partial charge is 0.324 e. The molecule has 0 spiro atoms. The molecule has 1 unspecified atom stereocenters. The quantitative estimate of drug-likeness (QED) is 0.785. The topological polar surface area (TPSA) is 56.2 Å². The number of hydrogen-bond donors (Lipinski definition) is 1. The largest absolute Gasteiger partial charge is 0.468 e. The van der Waals surface area contributed by atoms with E-state index in [1.807, 2.05) is 13.8 Å². The van der Waals surface area contributed by atoms with Crippen molar-refractivity contribution in [3.05, 3.63) is 16.9 Å². The molecule has 96 valence electrons. The van der Waals surface area contributed by atoms with E-state index in [0.717, 1.165) is 18.7 Å². The highest BCUT2D eigenvalue weighted by Crippen LogP contribution is 2.12. The average molecular weight is 260 g/mol. The van der Waals surface area contributed by atoms with Gasteiger partial charge in [0.2, 0.25) is 0 Å². The van der Waals surface area contributed by atoms with Crippen molar-refractivity contribution in [1.29, 1.82) is 0 Å². The lowest BCUT2D eigenvalue weighted by Crippen LogP contribution is -2.41. The minimum Gasteiger partial charge on any atom is -0.468 e. The zero-order valence-electron chi connectivity index (χ0n) is 10.4. The maximum absolute atomic E-state index is 11.6. The van der Waals surface area contributed by atoms with Crippen LogP contribution in [0.15, 0.2) is 6.20 Å². The average Bonchev–Trinajstić information content (AvgIpc) is 2.62. The van der Waals surface area contributed by atoms with E-state index in [4.69, 9.17) is 16.3 Å². The fourth-order valence-electron chi connectivity index (χ4n) is 1.46. The number of carbonyl (C=O) groups is 1. The van der Waals surface area contributed by atoms with Gasteiger partial charge < -0.3 is 10.1 Å². The fourth-order valence-corrected chi connectivity index (χ4v) is 1.61. The number of esters is 1. The maximum atomic E-state index is 11.6. The number of halogens is 1. The number of methoxy groups -OCH3 is 1. The van der Waals surface area contributed by atoms with Crippen LogP contribution in [0, 0.1) is 6.92 Å². The number of aryl methyl sites for hydroxylation is 1. The predicted octanol–water partition coefficient (Wildman–Crippen LogP) is 1.39. The molecule has 0 fully saturated rings. The Balaban J connectivity index is 2.67. The maximum Gasteiger partial charge on any atom is 0.324 e. The molecule has 0 aromatic carbocycles. The monoisotopic (exact) mass is 259 g/mol. The number of hydrogen-bond acceptors (Lipinski definition) is 4. The van der Waals surface area contributed by atoms with Crippen molar-refractivity contribution in [3.63, 3.8) is 0 Å². The summed E-state index contributed by atoms with van der Waals surface area (Å²) < 4.78 is 6.40. The van der Waals surface area contributed by atoms with Crippen LogP contribution in [0.1, 0.15) is 19.0 Å². The molecule has 1 atom stereocenters. The number of rotatable bonds is 6. The minimum absolute atomic E-state index is 0.289. The van der Waals surface area contributed by atoms with Gasteiger partial charge in [-0.1, -0.05) is 18.5 Å². The summed E-state index contributed by atoms with van der Waals surface area (Å²) in [6.07, 6.45) is 2.66. The van der Waals surface area contributed by atoms with Gasteiger partial charge in [0, 0.05) is 6.20 Å². The lowest BCUT2D eigenvalue weighted by atomic mass is 10.3. The van der Waals surface area contributed by atoms with Gasteiger partial charge in [-0.25, -0.2) is 0 Å². The first-order valence-corrected chi connectivity index (χ1v) is 5.97. The molecule has 0 aliphatic rings. The summed E-state index contributed by atoms with van der Waals surface area (Å²) in [6, 6.07) is -0.393. The molecule has 5 nitrogen and oxygen atoms in total. The number of ether oxygens (including phenoxy) is 1. The van der Waals surface area contributed by atoms with E-state index in [9.17, 15) is 4.79 Å². The van der Waals surface area contributed by atoms with Crippen molar-refractivity contribution < 1.29 is 9.53 Å². The van der Waals surface area contributed by atoms with E-state index in [2.05, 4.69) is 10.4 Å². The first-order valence-electron chi connectivity index (χ1n) is 5.59. The Hall–Kier alpha value is -1.07. The fraction of sp³-hybridized carbons (Fsp3) is 0.636. The second-order valence-electron chi connectivity index (χ2n) is 3.81. The third-order valence-corrected chi connectivity index (χ3v) is 2.75. The Morgan fingerprint density at radius 1 is 1.71 bits per heavy atom. The van der Waals surface area contributed by atoms with Gasteiger partial charge in [-0.15, -0.1) is 0 Å². The van der Waals surface area contributed by atoms with Crippen molar-refractivity contribution in [3.8, 4) is 0 Å². The van der Waals surface area contributed by atoms with Crippen LogP contribution in [0.2, 0.25) is 5.02 Å². The van der Waals surface area contributed by atoms with E-state index >= 15 is 0 Å². The zero-order valence-corrected chi connectivity index (χ0v) is 11.1. The molecule has 1 N–H and O–H groups in total. The van der Waals surface area contributed by atoms with E-state index in [1.54, 1.807) is 10.9 Å². The minimum atomic E-state index is -0.393. The van der Waals surface area contributed by atoms with E-state index < -0.39 is 6.04 Å². The Morgan fingerprint density at radius 3 is 2.88 bits per heavy atom. The molecule has 0 radical (unpaired) electrons. The highest BCUT2D eigenvalue weighted by Gasteiger charge is 2.19. The lowest BCUT2D eigenvalue weighted by molar-refractivity contribution is -0.143. The number of nitrogens with zero attached hydrogens (tertiary/aromatic N) is 2. The van der Waals surface area contributed by atoms with Gasteiger partial charge in [0.1, 0.15) is 6.04 Å². The molecule has 0 aliphatic carbocycles. The molecule has 0 saturated heterocycles. The predicted molar refractivity (Wildman–Crippen MR) is 66.1 cm³/mol. The molecule has 17 heavy (non-hydrogen) atoms. The normalized spacial score (nSPS) is 12.5. The van der Waals surface area contributed by atoms with Gasteiger partial charge in [0.15, 0.2) is 0 Å². The van der Waals surface area contributed by atoms with Crippen LogP contribution in [-0.4, -0.2) is 35.4 Å². The molecular formula is C11H18ClN3O2. The number of aromatic nitrogens is 2. The van der Waals surface area contributed by atoms with E-state index in [1.165, 1.54) is 7.11 Å². The lowest BCUT2D eigenvalue weighted by Gasteiger charge is -2.15. The Bertz CT molecular complexity index is 359. The summed E-state index contributed by atoms with van der Waals surface area (Å²) in [5, 5.41) is 7.93. The number of carbonyl (C=O) groups excluding carboxylic acids is 1. The molecule has 0 amide bonds. The third kappa shape index (κ3) is 4.02. The molecule has 1 aromatic rings. The van der Waals surface area contributed by atoms with Crippen LogP contribution in [0.5, 0.6) is 0 Å². The van der Waals surface area contributed by atoms with Crippen LogP contribution in [-0.2, 0) is 16.1 Å². The summed E-state index contributed by atoms with van der Waals surface area (Å²) in [5.74, 6) is -0.289. The second kappa shape index (κ2) is 6.61. The summed E-state index contributed by atoms with van der Waals surface area (Å²) in [5.41, 5.74) is 0.755. The SMILES string of the molecule is CCCNC(Cn1cc(Cl)c(C)n1)C(=O)OC. The molecule has 0 aliphatic heterocycles. The van der Waals surface area contributed by atoms with Gasteiger partial charge in [-0.3, -0.25) is 9.48 Å². The van der Waals surface area contributed by atoms with E-state index in [0.29, 0.717) is 11.6 Å². The van der Waals surface area contributed by atoms with Gasteiger partial charge in [-0.05, 0) is 19.9 Å². The Labute approximate surface area is 106 Å². The Morgan fingerprint density at radius 2 is 2.41 bits per heavy atom. The molecular weight excluding hydrogens is 242 g/mol. The van der Waals surface area contributed by atoms with Crippen LogP contribution in [0.3, 0.4) is 0 Å². The molecule has 1 aromatic heterocycles. The van der Waals surface area contributed by atoms with Gasteiger partial charge >= 0.3 is 5.97 Å². The first kappa shape index (κ1) is 14.0. The number of nitrogens with one attached hydrogen (secondary N) is 1. The summed E-state index contributed by atoms with van der Waals surface area (Å²) in [4.78, 5) is 11.6. The molecule has 1 heterocycles. The molecule has 0 bridgehead atoms. The molecule has 1 rings (SSSR count). The van der Waals surface area contributed by atoms with Gasteiger partial charge in [0.05, 0.1) is 24.4 Å². The van der Waals surface area contributed by atoms with Crippen molar-refractivity contribution >= 4 is 17.6 Å². The summed E-state index contributed by atoms with van der Waals surface area (Å²) in [7, 11) is 1.38. The third-order valence-electron chi connectivity index (χ3n) is 2.38. The highest BCUT2D eigenvalue weighted by atomic mass is 35.5. The first-order chi connectivity index (χ1) is 8.08. The van der Waals surface area contributed by atoms with Crippen LogP contribution < -0.4 is 5.32 Å². The van der Waals surface area contributed by atoms with Crippen LogP contribution in [0.25, 0.3) is 0 Å². The summed E-state index contributed by atoms with van der Waals surface area (Å²) in [6.45, 7) is 5.04. The van der Waals surface area contributed by atoms with Crippen molar-refractivity contribution in [1.82, 2.24) is 15.1 Å². The Kier molecular flexibility index (Phi) is 5.44. The van der Waals surface area contributed by atoms with Gasteiger partial charge in [-0.2, -0.15) is 5.10 Å². The van der Waals surface area contributed by atoms with Crippen molar-refractivity contribution in [2.24, 2.45) is 0 Å². The van der Waals surface area contributed by atoms with Crippen LogP contribution >= 0.6 is 11.6 Å². The highest BCUT2D eigenvalue weighted by molar-refractivity contribution is 6.31. The second-order valence-corrected chi connectivity index (χ2v) is 4.22. The van der Waals surface area contributed by atoms with Crippen molar-refractivity contribution in [2.45, 2.75) is 32.9 Å². The summed E-state index contributed by atoms with van der Waals surface area (Å²) >= 11 is 5.91. The van der Waals surface area contributed by atoms with Crippen LogP contribution in [0.4, 0.5) is 0 Å². The molecule has 0 saturated carbocycles. The zero-order chi connectivity index (χ0) is 12.8. The van der Waals surface area contributed by atoms with E-state index in [-0.39, 0.29) is 5.97 Å². The van der Waals surface area contributed by atoms with Gasteiger partial charge in [0.25, 0.3) is 0 Å². The molecule has 6 heteroatoms. The standard InChI is InChI=1S/C11H18ClN3O2/c1-4-5-13-10(11(16)17-3)7-15-6-9(12)8(2)14-15/h6,10,13H,4-5,7H2,1-3H3. The van der Waals surface area contributed by atoms with Crippen molar-refractivity contribution in [2.75, 3.05) is 13.7 Å².